The zero-order valence-electron chi connectivity index (χ0n) is 10.9. The van der Waals surface area contributed by atoms with E-state index in [4.69, 9.17) is 16.3 Å². The summed E-state index contributed by atoms with van der Waals surface area (Å²) in [5.41, 5.74) is 0. The number of alkyl halides is 1. The minimum atomic E-state index is -3.22. The molecule has 0 bridgehead atoms. The van der Waals surface area contributed by atoms with Crippen molar-refractivity contribution in [3.05, 3.63) is 0 Å². The Morgan fingerprint density at radius 2 is 1.94 bits per heavy atom. The Morgan fingerprint density at radius 1 is 1.29 bits per heavy atom. The van der Waals surface area contributed by atoms with Gasteiger partial charge < -0.3 is 4.74 Å². The Balaban J connectivity index is 4.22. The molecular formula is C11H24ClNO3S. The number of unbranched alkanes of at least 4 members (excludes halogenated alkanes) is 1. The molecule has 0 saturated carbocycles. The number of nitrogens with one attached hydrogen (secondary N) is 1. The third-order valence-corrected chi connectivity index (χ3v) is 4.19. The fourth-order valence-corrected chi connectivity index (χ4v) is 2.98. The molecule has 0 rings (SSSR count). The molecule has 4 nitrogen and oxygen atoms in total. The molecule has 0 aliphatic heterocycles. The van der Waals surface area contributed by atoms with Gasteiger partial charge in [-0.05, 0) is 25.7 Å². The number of hydrogen-bond acceptors (Lipinski definition) is 3. The molecule has 1 unspecified atom stereocenters. The van der Waals surface area contributed by atoms with E-state index in [9.17, 15) is 8.42 Å². The maximum absolute atomic E-state index is 11.8. The van der Waals surface area contributed by atoms with E-state index in [1.54, 1.807) is 0 Å². The second-order valence-corrected chi connectivity index (χ2v) is 6.59. The SMILES string of the molecule is CCOCC(NS(=O)(=O)CCCCCl)C(C)C. The van der Waals surface area contributed by atoms with E-state index in [1.165, 1.54) is 0 Å². The van der Waals surface area contributed by atoms with Crippen molar-refractivity contribution in [2.75, 3.05) is 24.8 Å². The highest BCUT2D eigenvalue weighted by Crippen LogP contribution is 2.06. The fourth-order valence-electron chi connectivity index (χ4n) is 1.28. The molecule has 1 atom stereocenters. The lowest BCUT2D eigenvalue weighted by Crippen LogP contribution is -2.42. The van der Waals surface area contributed by atoms with Crippen LogP contribution in [0.4, 0.5) is 0 Å². The van der Waals surface area contributed by atoms with Gasteiger partial charge in [-0.3, -0.25) is 0 Å². The van der Waals surface area contributed by atoms with Gasteiger partial charge in [0.05, 0.1) is 12.4 Å². The quantitative estimate of drug-likeness (QED) is 0.493. The van der Waals surface area contributed by atoms with Gasteiger partial charge in [0.2, 0.25) is 10.0 Å². The monoisotopic (exact) mass is 285 g/mol. The lowest BCUT2D eigenvalue weighted by Gasteiger charge is -2.21. The molecule has 17 heavy (non-hydrogen) atoms. The summed E-state index contributed by atoms with van der Waals surface area (Å²) in [5, 5.41) is 0. The molecule has 0 saturated heterocycles. The molecule has 0 amide bonds. The standard InChI is InChI=1S/C11H24ClNO3S/c1-4-16-9-11(10(2)3)13-17(14,15)8-6-5-7-12/h10-11,13H,4-9H2,1-3H3. The van der Waals surface area contributed by atoms with Gasteiger partial charge in [0.25, 0.3) is 0 Å². The number of rotatable bonds is 10. The van der Waals surface area contributed by atoms with Gasteiger partial charge in [-0.25, -0.2) is 13.1 Å². The molecule has 0 radical (unpaired) electrons. The largest absolute Gasteiger partial charge is 0.380 e. The molecule has 0 aromatic rings. The topological polar surface area (TPSA) is 55.4 Å². The maximum Gasteiger partial charge on any atom is 0.211 e. The first-order valence-corrected chi connectivity index (χ1v) is 8.25. The third kappa shape index (κ3) is 8.83. The van der Waals surface area contributed by atoms with E-state index < -0.39 is 10.0 Å². The van der Waals surface area contributed by atoms with Gasteiger partial charge >= 0.3 is 0 Å². The van der Waals surface area contributed by atoms with Crippen LogP contribution in [0.2, 0.25) is 0 Å². The van der Waals surface area contributed by atoms with Gasteiger partial charge in [-0.2, -0.15) is 0 Å². The summed E-state index contributed by atoms with van der Waals surface area (Å²) in [7, 11) is -3.22. The summed E-state index contributed by atoms with van der Waals surface area (Å²) in [6.07, 6.45) is 1.32. The average molecular weight is 286 g/mol. The zero-order valence-corrected chi connectivity index (χ0v) is 12.5. The highest BCUT2D eigenvalue weighted by molar-refractivity contribution is 7.89. The summed E-state index contributed by atoms with van der Waals surface area (Å²) in [4.78, 5) is 0. The molecule has 0 spiro atoms. The predicted octanol–water partition coefficient (Wildman–Crippen LogP) is 1.99. The molecule has 6 heteroatoms. The average Bonchev–Trinajstić information content (AvgIpc) is 2.24. The van der Waals surface area contributed by atoms with E-state index in [2.05, 4.69) is 4.72 Å². The van der Waals surface area contributed by atoms with Crippen molar-refractivity contribution in [1.29, 1.82) is 0 Å². The summed E-state index contributed by atoms with van der Waals surface area (Å²) in [6, 6.07) is -0.157. The lowest BCUT2D eigenvalue weighted by molar-refractivity contribution is 0.116. The molecule has 0 fully saturated rings. The van der Waals surface area contributed by atoms with Crippen LogP contribution in [-0.4, -0.2) is 39.3 Å². The van der Waals surface area contributed by atoms with Gasteiger partial charge in [0.1, 0.15) is 0 Å². The van der Waals surface area contributed by atoms with Crippen LogP contribution in [0.5, 0.6) is 0 Å². The Kier molecular flexibility index (Phi) is 9.22. The smallest absolute Gasteiger partial charge is 0.211 e. The Labute approximate surface area is 110 Å². The first kappa shape index (κ1) is 17.2. The van der Waals surface area contributed by atoms with Crippen LogP contribution in [0, 0.1) is 5.92 Å². The molecule has 0 aromatic heterocycles. The van der Waals surface area contributed by atoms with E-state index in [0.29, 0.717) is 25.5 Å². The number of halogens is 1. The highest BCUT2D eigenvalue weighted by Gasteiger charge is 2.20. The first-order valence-electron chi connectivity index (χ1n) is 6.06. The first-order chi connectivity index (χ1) is 7.93. The molecule has 0 aliphatic carbocycles. The van der Waals surface area contributed by atoms with Crippen LogP contribution in [0.15, 0.2) is 0 Å². The predicted molar refractivity (Wildman–Crippen MR) is 72.0 cm³/mol. The van der Waals surface area contributed by atoms with E-state index in [0.717, 1.165) is 6.42 Å². The van der Waals surface area contributed by atoms with Crippen LogP contribution in [0.25, 0.3) is 0 Å². The van der Waals surface area contributed by atoms with Crippen LogP contribution < -0.4 is 4.72 Å². The van der Waals surface area contributed by atoms with Crippen LogP contribution in [0.3, 0.4) is 0 Å². The summed E-state index contributed by atoms with van der Waals surface area (Å²) in [5.74, 6) is 0.848. The van der Waals surface area contributed by atoms with Crippen molar-refractivity contribution < 1.29 is 13.2 Å². The second kappa shape index (κ2) is 9.14. The maximum atomic E-state index is 11.8. The van der Waals surface area contributed by atoms with Crippen LogP contribution in [0.1, 0.15) is 33.6 Å². The number of sulfonamides is 1. The van der Waals surface area contributed by atoms with Crippen molar-refractivity contribution in [1.82, 2.24) is 4.72 Å². The number of ether oxygens (including phenoxy) is 1. The van der Waals surface area contributed by atoms with E-state index in [1.807, 2.05) is 20.8 Å². The second-order valence-electron chi connectivity index (χ2n) is 4.34. The lowest BCUT2D eigenvalue weighted by atomic mass is 10.1. The third-order valence-electron chi connectivity index (χ3n) is 2.43. The Morgan fingerprint density at radius 3 is 2.41 bits per heavy atom. The van der Waals surface area contributed by atoms with Gasteiger partial charge in [-0.15, -0.1) is 11.6 Å². The molecular weight excluding hydrogens is 262 g/mol. The zero-order chi connectivity index (χ0) is 13.3. The van der Waals surface area contributed by atoms with Gasteiger partial charge in [-0.1, -0.05) is 13.8 Å². The van der Waals surface area contributed by atoms with Gasteiger partial charge in [0, 0.05) is 18.5 Å². The summed E-state index contributed by atoms with van der Waals surface area (Å²) < 4.78 is 31.5. The van der Waals surface area contributed by atoms with Gasteiger partial charge in [0.15, 0.2) is 0 Å². The van der Waals surface area contributed by atoms with Crippen molar-refractivity contribution in [3.8, 4) is 0 Å². The van der Waals surface area contributed by atoms with Crippen molar-refractivity contribution in [2.45, 2.75) is 39.7 Å². The Bertz CT molecular complexity index is 280. The summed E-state index contributed by atoms with van der Waals surface area (Å²) in [6.45, 7) is 6.86. The van der Waals surface area contributed by atoms with Crippen molar-refractivity contribution in [3.63, 3.8) is 0 Å². The Hall–Kier alpha value is 0.160. The molecule has 104 valence electrons. The number of hydrogen-bond donors (Lipinski definition) is 1. The van der Waals surface area contributed by atoms with Crippen LogP contribution >= 0.6 is 11.6 Å². The fraction of sp³-hybridized carbons (Fsp3) is 1.00. The van der Waals surface area contributed by atoms with Crippen molar-refractivity contribution >= 4 is 21.6 Å². The van der Waals surface area contributed by atoms with Crippen LogP contribution in [-0.2, 0) is 14.8 Å². The summed E-state index contributed by atoms with van der Waals surface area (Å²) >= 11 is 5.52. The highest BCUT2D eigenvalue weighted by atomic mass is 35.5. The van der Waals surface area contributed by atoms with E-state index in [-0.39, 0.29) is 17.7 Å². The minimum Gasteiger partial charge on any atom is -0.380 e. The molecule has 0 aliphatic rings. The molecule has 0 heterocycles. The molecule has 1 N–H and O–H groups in total. The van der Waals surface area contributed by atoms with E-state index >= 15 is 0 Å². The normalized spacial score (nSPS) is 14.2. The minimum absolute atomic E-state index is 0.134. The molecule has 0 aromatic carbocycles. The van der Waals surface area contributed by atoms with Crippen molar-refractivity contribution in [2.24, 2.45) is 5.92 Å².